The molecule has 0 aliphatic carbocycles. The molecule has 2 aliphatic rings. The van der Waals surface area contributed by atoms with Gasteiger partial charge in [-0.2, -0.15) is 0 Å². The van der Waals surface area contributed by atoms with E-state index >= 15 is 0 Å². The van der Waals surface area contributed by atoms with Crippen molar-refractivity contribution in [3.05, 3.63) is 0 Å². The third-order valence-electron chi connectivity index (χ3n) is 3.00. The molecule has 0 bridgehead atoms. The third-order valence-corrected chi connectivity index (χ3v) is 3.00. The van der Waals surface area contributed by atoms with Crippen LogP contribution in [-0.2, 0) is 9.53 Å². The molecule has 0 aromatic rings. The van der Waals surface area contributed by atoms with Crippen LogP contribution in [0.1, 0.15) is 13.3 Å². The summed E-state index contributed by atoms with van der Waals surface area (Å²) in [7, 11) is 0. The van der Waals surface area contributed by atoms with Gasteiger partial charge in [0.2, 0.25) is 0 Å². The number of nitrogens with zero attached hydrogens (tertiary/aromatic N) is 1. The highest BCUT2D eigenvalue weighted by atomic mass is 16.5. The van der Waals surface area contributed by atoms with Gasteiger partial charge >= 0.3 is 5.97 Å². The van der Waals surface area contributed by atoms with Crippen LogP contribution >= 0.6 is 0 Å². The van der Waals surface area contributed by atoms with Gasteiger partial charge in [0, 0.05) is 25.0 Å². The normalized spacial score (nSPS) is 26.6. The minimum absolute atomic E-state index is 0.323. The Morgan fingerprint density at radius 1 is 1.57 bits per heavy atom. The van der Waals surface area contributed by atoms with E-state index in [1.165, 1.54) is 0 Å². The first-order valence-corrected chi connectivity index (χ1v) is 5.09. The number of hydrogen-bond acceptors (Lipinski definition) is 3. The fourth-order valence-electron chi connectivity index (χ4n) is 2.26. The second-order valence-corrected chi connectivity index (χ2v) is 4.96. The zero-order valence-electron chi connectivity index (χ0n) is 8.53. The number of hydrogen-bond donors (Lipinski definition) is 1. The smallest absolute Gasteiger partial charge is 0.303 e. The lowest BCUT2D eigenvalue weighted by molar-refractivity contribution is -0.142. The van der Waals surface area contributed by atoms with Crippen LogP contribution in [0.2, 0.25) is 0 Å². The number of aliphatic carboxylic acids is 1. The Balaban J connectivity index is 1.65. The van der Waals surface area contributed by atoms with E-state index in [4.69, 9.17) is 9.84 Å². The van der Waals surface area contributed by atoms with E-state index in [9.17, 15) is 4.79 Å². The molecule has 4 heteroatoms. The maximum absolute atomic E-state index is 10.4. The standard InChI is InChI=1S/C10H17NO3/c1-10(6-14-7-10)5-11-3-8(4-11)2-9(12)13/h8H,2-7H2,1H3,(H,12,13). The van der Waals surface area contributed by atoms with Crippen molar-refractivity contribution in [2.24, 2.45) is 11.3 Å². The first kappa shape index (κ1) is 9.93. The van der Waals surface area contributed by atoms with Crippen molar-refractivity contribution < 1.29 is 14.6 Å². The molecule has 0 spiro atoms. The number of carbonyl (C=O) groups is 1. The molecule has 14 heavy (non-hydrogen) atoms. The summed E-state index contributed by atoms with van der Waals surface area (Å²) < 4.78 is 5.18. The summed E-state index contributed by atoms with van der Waals surface area (Å²) >= 11 is 0. The van der Waals surface area contributed by atoms with Gasteiger partial charge in [0.1, 0.15) is 0 Å². The minimum Gasteiger partial charge on any atom is -0.481 e. The van der Waals surface area contributed by atoms with Crippen LogP contribution in [0.4, 0.5) is 0 Å². The zero-order valence-corrected chi connectivity index (χ0v) is 8.53. The highest BCUT2D eigenvalue weighted by Crippen LogP contribution is 2.31. The fourth-order valence-corrected chi connectivity index (χ4v) is 2.26. The van der Waals surface area contributed by atoms with Crippen LogP contribution in [0.25, 0.3) is 0 Å². The average molecular weight is 199 g/mol. The molecule has 2 saturated heterocycles. The van der Waals surface area contributed by atoms with Gasteiger partial charge in [-0.1, -0.05) is 6.92 Å². The molecule has 0 amide bonds. The van der Waals surface area contributed by atoms with Gasteiger partial charge in [0.15, 0.2) is 0 Å². The second kappa shape index (κ2) is 3.51. The van der Waals surface area contributed by atoms with Crippen LogP contribution in [0, 0.1) is 11.3 Å². The zero-order chi connectivity index (χ0) is 10.2. The fraction of sp³-hybridized carbons (Fsp3) is 0.900. The number of rotatable bonds is 4. The molecule has 80 valence electrons. The van der Waals surface area contributed by atoms with Crippen molar-refractivity contribution in [1.82, 2.24) is 4.90 Å². The largest absolute Gasteiger partial charge is 0.481 e. The Hall–Kier alpha value is -0.610. The SMILES string of the molecule is CC1(CN2CC(CC(=O)O)C2)COC1. The number of ether oxygens (including phenoxy) is 1. The maximum atomic E-state index is 10.4. The Bertz CT molecular complexity index is 232. The van der Waals surface area contributed by atoms with Gasteiger partial charge < -0.3 is 14.7 Å². The van der Waals surface area contributed by atoms with Crippen LogP contribution < -0.4 is 0 Å². The van der Waals surface area contributed by atoms with Crippen LogP contribution in [0.15, 0.2) is 0 Å². The summed E-state index contributed by atoms with van der Waals surface area (Å²) in [5.41, 5.74) is 0.328. The summed E-state index contributed by atoms with van der Waals surface area (Å²) in [5, 5.41) is 8.59. The van der Waals surface area contributed by atoms with Gasteiger partial charge in [0.25, 0.3) is 0 Å². The van der Waals surface area contributed by atoms with Gasteiger partial charge in [-0.3, -0.25) is 4.79 Å². The van der Waals surface area contributed by atoms with E-state index < -0.39 is 5.97 Å². The highest BCUT2D eigenvalue weighted by molar-refractivity contribution is 5.67. The van der Waals surface area contributed by atoms with Gasteiger partial charge in [-0.25, -0.2) is 0 Å². The van der Waals surface area contributed by atoms with Crippen LogP contribution in [0.3, 0.4) is 0 Å². The van der Waals surface area contributed by atoms with E-state index in [0.29, 0.717) is 17.8 Å². The molecular weight excluding hydrogens is 182 g/mol. The van der Waals surface area contributed by atoms with Crippen molar-refractivity contribution in [1.29, 1.82) is 0 Å². The lowest BCUT2D eigenvalue weighted by atomic mass is 9.85. The van der Waals surface area contributed by atoms with E-state index in [0.717, 1.165) is 32.8 Å². The lowest BCUT2D eigenvalue weighted by Gasteiger charge is -2.47. The molecule has 0 atom stereocenters. The monoisotopic (exact) mass is 199 g/mol. The van der Waals surface area contributed by atoms with Crippen LogP contribution in [0.5, 0.6) is 0 Å². The molecule has 1 N–H and O–H groups in total. The van der Waals surface area contributed by atoms with Gasteiger partial charge in [-0.05, 0) is 5.92 Å². The van der Waals surface area contributed by atoms with Crippen LogP contribution in [-0.4, -0.2) is 48.8 Å². The molecule has 2 aliphatic heterocycles. The minimum atomic E-state index is -0.673. The molecule has 2 heterocycles. The van der Waals surface area contributed by atoms with E-state index in [1.807, 2.05) is 0 Å². The summed E-state index contributed by atoms with van der Waals surface area (Å²) in [6.07, 6.45) is 0.323. The second-order valence-electron chi connectivity index (χ2n) is 4.96. The third kappa shape index (κ3) is 2.07. The average Bonchev–Trinajstić information content (AvgIpc) is 1.96. The number of carboxylic acids is 1. The Labute approximate surface area is 83.8 Å². The summed E-state index contributed by atoms with van der Waals surface area (Å²) in [6, 6.07) is 0. The predicted octanol–water partition coefficient (Wildman–Crippen LogP) is 0.429. The van der Waals surface area contributed by atoms with E-state index in [1.54, 1.807) is 0 Å². The lowest BCUT2D eigenvalue weighted by Crippen LogP contribution is -2.56. The molecular formula is C10H17NO3. The van der Waals surface area contributed by atoms with E-state index in [-0.39, 0.29) is 0 Å². The molecule has 0 saturated carbocycles. The van der Waals surface area contributed by atoms with Crippen molar-refractivity contribution in [2.75, 3.05) is 32.8 Å². The first-order chi connectivity index (χ1) is 6.57. The van der Waals surface area contributed by atoms with Crippen molar-refractivity contribution in [3.63, 3.8) is 0 Å². The Morgan fingerprint density at radius 3 is 2.64 bits per heavy atom. The molecule has 4 nitrogen and oxygen atoms in total. The first-order valence-electron chi connectivity index (χ1n) is 5.09. The molecule has 0 aromatic heterocycles. The molecule has 0 aromatic carbocycles. The van der Waals surface area contributed by atoms with Gasteiger partial charge in [-0.15, -0.1) is 0 Å². The quantitative estimate of drug-likeness (QED) is 0.713. The van der Waals surface area contributed by atoms with Crippen molar-refractivity contribution in [2.45, 2.75) is 13.3 Å². The Morgan fingerprint density at radius 2 is 2.21 bits per heavy atom. The molecule has 0 radical (unpaired) electrons. The number of carboxylic acid groups (broad SMARTS) is 1. The predicted molar refractivity (Wildman–Crippen MR) is 51.1 cm³/mol. The molecule has 2 fully saturated rings. The van der Waals surface area contributed by atoms with Gasteiger partial charge in [0.05, 0.1) is 19.6 Å². The Kier molecular flexibility index (Phi) is 2.49. The van der Waals surface area contributed by atoms with Crippen molar-refractivity contribution in [3.8, 4) is 0 Å². The topological polar surface area (TPSA) is 49.8 Å². The summed E-state index contributed by atoms with van der Waals surface area (Å²) in [5.74, 6) is -0.301. The molecule has 2 rings (SSSR count). The summed E-state index contributed by atoms with van der Waals surface area (Å²) in [6.45, 7) is 6.88. The van der Waals surface area contributed by atoms with Crippen molar-refractivity contribution >= 4 is 5.97 Å². The van der Waals surface area contributed by atoms with E-state index in [2.05, 4.69) is 11.8 Å². The number of likely N-dealkylation sites (tertiary alicyclic amines) is 1. The maximum Gasteiger partial charge on any atom is 0.303 e. The molecule has 0 unspecified atom stereocenters. The summed E-state index contributed by atoms with van der Waals surface area (Å²) in [4.78, 5) is 12.8. The highest BCUT2D eigenvalue weighted by Gasteiger charge is 2.39.